The van der Waals surface area contributed by atoms with Gasteiger partial charge in [0.2, 0.25) is 17.4 Å². The number of ether oxygens (including phenoxy) is 4. The first kappa shape index (κ1) is 33.0. The molecule has 5 heterocycles. The lowest BCUT2D eigenvalue weighted by atomic mass is 9.74. The number of nitrogens with one attached hydrogen (secondary N) is 5. The second-order valence-electron chi connectivity index (χ2n) is 13.2. The third-order valence-electron chi connectivity index (χ3n) is 10.4. The quantitative estimate of drug-likeness (QED) is 0.162. The van der Waals surface area contributed by atoms with Crippen molar-refractivity contribution in [2.24, 2.45) is 15.9 Å². The number of nitrogens with zero attached hydrogens (tertiary/aromatic N) is 2. The number of allylic oxidation sites excluding steroid dienone is 2. The van der Waals surface area contributed by atoms with Gasteiger partial charge in [-0.05, 0) is 50.3 Å². The average Bonchev–Trinajstić information content (AvgIpc) is 3.85. The Morgan fingerprint density at radius 2 is 2.06 bits per heavy atom. The molecule has 0 bridgehead atoms. The second kappa shape index (κ2) is 13.0. The zero-order valence-corrected chi connectivity index (χ0v) is 27.9. The highest BCUT2D eigenvalue weighted by Crippen LogP contribution is 2.54. The van der Waals surface area contributed by atoms with Crippen LogP contribution in [0, 0.1) is 11.3 Å². The number of fused-ring (bicyclic) bond motifs is 3. The van der Waals surface area contributed by atoms with Crippen LogP contribution in [0.2, 0.25) is 0 Å². The van der Waals surface area contributed by atoms with Crippen LogP contribution in [0.5, 0.6) is 17.2 Å². The molecular formula is C34H43N7O8+2. The van der Waals surface area contributed by atoms with Crippen LogP contribution in [-0.2, 0) is 27.4 Å². The molecule has 7 N–H and O–H groups in total. The fourth-order valence-corrected chi connectivity index (χ4v) is 7.82. The first-order valence-corrected chi connectivity index (χ1v) is 16.9. The minimum atomic E-state index is -1.11. The lowest BCUT2D eigenvalue weighted by Crippen LogP contribution is -3.36. The minimum absolute atomic E-state index is 0.0491. The summed E-state index contributed by atoms with van der Waals surface area (Å²) in [5, 5.41) is 36.2. The molecule has 0 radical (unpaired) electrons. The number of rotatable bonds is 9. The molecule has 0 aromatic heterocycles. The SMILES string of the molecule is CCOC(=O)C1=CC(=CC[NH+]2C=CNC2[NH+]2CN=C3C(=O)NC(=N)N=C32)c2c(OC)c3c(c(CO)c2O1)OC(C(C)(O)C1CCCCC1)C3. The molecule has 6 aliphatic rings. The van der Waals surface area contributed by atoms with Crippen LogP contribution in [0.4, 0.5) is 0 Å². The smallest absolute Gasteiger partial charge is 0.374 e. The van der Waals surface area contributed by atoms with E-state index < -0.39 is 30.2 Å². The van der Waals surface area contributed by atoms with Gasteiger partial charge in [-0.3, -0.25) is 20.8 Å². The summed E-state index contributed by atoms with van der Waals surface area (Å²) in [5.74, 6) is 0.235. The largest absolute Gasteiger partial charge is 0.496 e. The Hall–Kier alpha value is -4.57. The van der Waals surface area contributed by atoms with E-state index in [9.17, 15) is 19.8 Å². The first-order valence-electron chi connectivity index (χ1n) is 16.9. The number of benzene rings is 1. The van der Waals surface area contributed by atoms with E-state index >= 15 is 0 Å². The molecule has 0 spiro atoms. The van der Waals surface area contributed by atoms with E-state index in [4.69, 9.17) is 24.4 Å². The average molecular weight is 678 g/mol. The van der Waals surface area contributed by atoms with Gasteiger partial charge in [0.25, 0.3) is 11.7 Å². The first-order chi connectivity index (χ1) is 23.7. The molecule has 5 atom stereocenters. The number of hydrogen-bond donors (Lipinski definition) is 7. The van der Waals surface area contributed by atoms with Gasteiger partial charge in [-0.15, -0.1) is 0 Å². The number of hydrogen-bond acceptors (Lipinski definition) is 11. The molecular weight excluding hydrogens is 634 g/mol. The number of esters is 1. The summed E-state index contributed by atoms with van der Waals surface area (Å²) >= 11 is 0. The van der Waals surface area contributed by atoms with E-state index in [1.54, 1.807) is 20.1 Å². The van der Waals surface area contributed by atoms with Crippen molar-refractivity contribution in [2.75, 3.05) is 26.9 Å². The monoisotopic (exact) mass is 677 g/mol. The van der Waals surface area contributed by atoms with Gasteiger partial charge in [-0.2, -0.15) is 9.89 Å². The molecule has 1 aliphatic carbocycles. The summed E-state index contributed by atoms with van der Waals surface area (Å²) in [6.45, 7) is 3.94. The lowest BCUT2D eigenvalue weighted by Gasteiger charge is -2.39. The number of quaternary nitrogens is 2. The maximum absolute atomic E-state index is 13.1. The van der Waals surface area contributed by atoms with Crippen molar-refractivity contribution >= 4 is 35.0 Å². The Kier molecular flexibility index (Phi) is 8.77. The predicted octanol–water partition coefficient (Wildman–Crippen LogP) is -0.952. The number of methoxy groups -OCH3 is 1. The summed E-state index contributed by atoms with van der Waals surface area (Å²) in [6, 6.07) is 0. The van der Waals surface area contributed by atoms with Crippen molar-refractivity contribution < 1.29 is 48.5 Å². The number of guanidine groups is 1. The van der Waals surface area contributed by atoms with Crippen molar-refractivity contribution in [3.8, 4) is 17.2 Å². The van der Waals surface area contributed by atoms with Crippen LogP contribution in [-0.4, -0.2) is 84.5 Å². The van der Waals surface area contributed by atoms with Crippen molar-refractivity contribution in [2.45, 2.75) is 77.0 Å². The fraction of sp³-hybridized carbons (Fsp3) is 0.500. The van der Waals surface area contributed by atoms with Crippen LogP contribution < -0.4 is 34.6 Å². The van der Waals surface area contributed by atoms with Crippen LogP contribution in [0.3, 0.4) is 0 Å². The summed E-state index contributed by atoms with van der Waals surface area (Å²) in [5.41, 5.74) is 1.39. The molecule has 1 aromatic carbocycles. The summed E-state index contributed by atoms with van der Waals surface area (Å²) in [6.07, 6.45) is 12.0. The van der Waals surface area contributed by atoms with Crippen molar-refractivity contribution in [3.05, 3.63) is 47.0 Å². The highest BCUT2D eigenvalue weighted by atomic mass is 16.6. The molecule has 260 valence electrons. The van der Waals surface area contributed by atoms with E-state index in [1.807, 2.05) is 25.4 Å². The molecule has 7 rings (SSSR count). The van der Waals surface area contributed by atoms with Gasteiger partial charge >= 0.3 is 12.3 Å². The Morgan fingerprint density at radius 1 is 1.27 bits per heavy atom. The van der Waals surface area contributed by atoms with Crippen molar-refractivity contribution in [3.63, 3.8) is 0 Å². The topological polar surface area (TPSA) is 193 Å². The van der Waals surface area contributed by atoms with Gasteiger partial charge in [0.15, 0.2) is 6.67 Å². The van der Waals surface area contributed by atoms with Crippen LogP contribution in [0.1, 0.15) is 62.6 Å². The number of amidine groups is 1. The van der Waals surface area contributed by atoms with Crippen molar-refractivity contribution in [1.82, 2.24) is 10.6 Å². The van der Waals surface area contributed by atoms with Gasteiger partial charge in [0.05, 0.1) is 37.7 Å². The summed E-state index contributed by atoms with van der Waals surface area (Å²) < 4.78 is 24.0. The maximum Gasteiger partial charge on any atom is 0.374 e. The minimum Gasteiger partial charge on any atom is -0.496 e. The number of aliphatic hydroxyl groups excluding tert-OH is 1. The van der Waals surface area contributed by atoms with Crippen molar-refractivity contribution in [1.29, 1.82) is 5.41 Å². The molecule has 1 aromatic rings. The van der Waals surface area contributed by atoms with E-state index in [-0.39, 0.29) is 48.7 Å². The Bertz CT molecular complexity index is 1740. The molecule has 1 amide bonds. The molecule has 1 saturated carbocycles. The van der Waals surface area contributed by atoms with E-state index in [1.165, 1.54) is 0 Å². The van der Waals surface area contributed by atoms with Crippen LogP contribution >= 0.6 is 0 Å². The highest BCUT2D eigenvalue weighted by Gasteiger charge is 2.49. The molecule has 5 unspecified atom stereocenters. The fourth-order valence-electron chi connectivity index (χ4n) is 7.82. The Morgan fingerprint density at radius 3 is 2.80 bits per heavy atom. The maximum atomic E-state index is 13.1. The van der Waals surface area contributed by atoms with E-state index in [2.05, 4.69) is 20.6 Å². The second-order valence-corrected chi connectivity index (χ2v) is 13.2. The van der Waals surface area contributed by atoms with Gasteiger partial charge < -0.3 is 29.2 Å². The Balaban J connectivity index is 1.25. The summed E-state index contributed by atoms with van der Waals surface area (Å²) in [7, 11) is 1.56. The number of carbonyl (C=O) groups is 2. The van der Waals surface area contributed by atoms with Crippen LogP contribution in [0.25, 0.3) is 5.57 Å². The molecule has 0 saturated heterocycles. The van der Waals surface area contributed by atoms with Crippen LogP contribution in [0.15, 0.2) is 40.3 Å². The molecule has 5 aliphatic heterocycles. The normalized spacial score (nSPS) is 27.8. The van der Waals surface area contributed by atoms with Gasteiger partial charge in [-0.1, -0.05) is 19.3 Å². The third-order valence-corrected chi connectivity index (χ3v) is 10.4. The van der Waals surface area contributed by atoms with E-state index in [0.29, 0.717) is 47.0 Å². The molecule has 49 heavy (non-hydrogen) atoms. The van der Waals surface area contributed by atoms with Gasteiger partial charge in [0.1, 0.15) is 41.7 Å². The molecule has 15 heteroatoms. The van der Waals surface area contributed by atoms with Gasteiger partial charge in [0, 0.05) is 12.0 Å². The molecule has 1 fully saturated rings. The lowest BCUT2D eigenvalue weighted by molar-refractivity contribution is -1.05. The van der Waals surface area contributed by atoms with Gasteiger partial charge in [-0.25, -0.2) is 14.7 Å². The standard InChI is InChI=1S/C34H41N7O8/c1-4-47-31(44)22-14-18(10-12-40-13-11-36-33(40)41-17-37-25-29(41)38-32(35)39-30(25)43)24-27(46-3)20-15-23(34(2,45)19-8-6-5-7-9-19)49-26(20)21(16-42)28(24)48-22/h10-11,13-14,19,23,33,36,42,45H,4-9,12,15-17H2,1-3H3,(H2,35,39,43)/p+2. The number of aliphatic imine (C=N–C) groups is 2. The predicted molar refractivity (Wildman–Crippen MR) is 176 cm³/mol. The number of carbonyl (C=O) groups excluding carboxylic acids is 2. The summed E-state index contributed by atoms with van der Waals surface area (Å²) in [4.78, 5) is 35.9. The highest BCUT2D eigenvalue weighted by molar-refractivity contribution is 6.68. The van der Waals surface area contributed by atoms with E-state index in [0.717, 1.165) is 47.5 Å². The zero-order valence-electron chi connectivity index (χ0n) is 27.9. The number of aliphatic hydroxyl groups is 2. The zero-order chi connectivity index (χ0) is 34.4. The number of amides is 1. The molecule has 15 nitrogen and oxygen atoms in total. The third kappa shape index (κ3) is 5.69. The Labute approximate surface area is 283 Å².